The van der Waals surface area contributed by atoms with E-state index >= 15 is 0 Å². The van der Waals surface area contributed by atoms with E-state index in [9.17, 15) is 4.79 Å². The van der Waals surface area contributed by atoms with Crippen LogP contribution in [0.2, 0.25) is 0 Å². The van der Waals surface area contributed by atoms with Gasteiger partial charge in [0.05, 0.1) is 0 Å². The summed E-state index contributed by atoms with van der Waals surface area (Å²) in [5.41, 5.74) is 3.60. The molecule has 6 nitrogen and oxygen atoms in total. The SMILES string of the molecule is CCN(c1cccc(C)c1)c1nc(-c2ccccc2)ncc1C(=O)NCCN1CCCCC1. The molecule has 2 aromatic carbocycles. The summed E-state index contributed by atoms with van der Waals surface area (Å²) in [4.78, 5) is 27.2. The quantitative estimate of drug-likeness (QED) is 0.541. The minimum Gasteiger partial charge on any atom is -0.351 e. The monoisotopic (exact) mass is 443 g/mol. The first-order chi connectivity index (χ1) is 16.2. The van der Waals surface area contributed by atoms with E-state index in [1.807, 2.05) is 36.4 Å². The molecule has 6 heteroatoms. The standard InChI is InChI=1S/C27H33N5O/c1-3-32(23-14-10-11-21(2)19-23)26-24(20-29-25(30-26)22-12-6-4-7-13-22)27(33)28-15-18-31-16-8-5-9-17-31/h4,6-7,10-14,19-20H,3,5,8-9,15-18H2,1-2H3,(H,28,33). The van der Waals surface area contributed by atoms with Gasteiger partial charge in [-0.25, -0.2) is 9.97 Å². The van der Waals surface area contributed by atoms with Crippen molar-refractivity contribution in [1.82, 2.24) is 20.2 Å². The number of hydrogen-bond acceptors (Lipinski definition) is 5. The van der Waals surface area contributed by atoms with Gasteiger partial charge in [-0.3, -0.25) is 4.79 Å². The summed E-state index contributed by atoms with van der Waals surface area (Å²) < 4.78 is 0. The Morgan fingerprint density at radius 1 is 1.06 bits per heavy atom. The zero-order valence-electron chi connectivity index (χ0n) is 19.6. The molecule has 172 valence electrons. The fourth-order valence-corrected chi connectivity index (χ4v) is 4.32. The Labute approximate surface area is 196 Å². The lowest BCUT2D eigenvalue weighted by Gasteiger charge is -2.27. The van der Waals surface area contributed by atoms with Crippen molar-refractivity contribution >= 4 is 17.4 Å². The molecule has 4 rings (SSSR count). The van der Waals surface area contributed by atoms with Crippen LogP contribution in [0.1, 0.15) is 42.1 Å². The van der Waals surface area contributed by atoms with Crippen LogP contribution in [0.5, 0.6) is 0 Å². The first kappa shape index (κ1) is 22.9. The second kappa shape index (κ2) is 11.1. The molecule has 0 aliphatic carbocycles. The van der Waals surface area contributed by atoms with Gasteiger partial charge in [0.1, 0.15) is 11.4 Å². The minimum atomic E-state index is -0.132. The van der Waals surface area contributed by atoms with Crippen molar-refractivity contribution in [2.24, 2.45) is 0 Å². The van der Waals surface area contributed by atoms with Crippen LogP contribution in [0.3, 0.4) is 0 Å². The van der Waals surface area contributed by atoms with Crippen molar-refractivity contribution in [1.29, 1.82) is 0 Å². The molecule has 1 fully saturated rings. The average molecular weight is 444 g/mol. The number of aromatic nitrogens is 2. The zero-order chi connectivity index (χ0) is 23.0. The molecular weight excluding hydrogens is 410 g/mol. The van der Waals surface area contributed by atoms with Gasteiger partial charge in [-0.15, -0.1) is 0 Å². The number of benzene rings is 2. The maximum Gasteiger partial charge on any atom is 0.256 e. The fourth-order valence-electron chi connectivity index (χ4n) is 4.32. The summed E-state index contributed by atoms with van der Waals surface area (Å²) in [5, 5.41) is 3.10. The third kappa shape index (κ3) is 5.76. The number of carbonyl (C=O) groups is 1. The highest BCUT2D eigenvalue weighted by atomic mass is 16.1. The Morgan fingerprint density at radius 2 is 1.85 bits per heavy atom. The second-order valence-electron chi connectivity index (χ2n) is 8.54. The predicted molar refractivity (Wildman–Crippen MR) is 134 cm³/mol. The van der Waals surface area contributed by atoms with Crippen molar-refractivity contribution < 1.29 is 4.79 Å². The van der Waals surface area contributed by atoms with Crippen LogP contribution < -0.4 is 10.2 Å². The van der Waals surface area contributed by atoms with Gasteiger partial charge in [-0.1, -0.05) is 48.9 Å². The number of hydrogen-bond donors (Lipinski definition) is 1. The number of anilines is 2. The zero-order valence-corrected chi connectivity index (χ0v) is 19.6. The summed E-state index contributed by atoms with van der Waals surface area (Å²) in [5.74, 6) is 1.11. The molecule has 0 spiro atoms. The topological polar surface area (TPSA) is 61.4 Å². The lowest BCUT2D eigenvalue weighted by atomic mass is 10.1. The number of piperidine rings is 1. The van der Waals surface area contributed by atoms with Gasteiger partial charge in [0, 0.05) is 37.1 Å². The van der Waals surface area contributed by atoms with Crippen LogP contribution in [-0.4, -0.2) is 53.5 Å². The first-order valence-corrected chi connectivity index (χ1v) is 11.9. The summed E-state index contributed by atoms with van der Waals surface area (Å²) in [6.45, 7) is 8.56. The van der Waals surface area contributed by atoms with E-state index in [1.54, 1.807) is 6.20 Å². The molecule has 1 saturated heterocycles. The van der Waals surface area contributed by atoms with E-state index in [0.717, 1.165) is 36.4 Å². The molecule has 2 heterocycles. The molecule has 1 aliphatic heterocycles. The smallest absolute Gasteiger partial charge is 0.256 e. The molecule has 1 amide bonds. The molecule has 0 saturated carbocycles. The molecule has 33 heavy (non-hydrogen) atoms. The largest absolute Gasteiger partial charge is 0.351 e. The predicted octanol–water partition coefficient (Wildman–Crippen LogP) is 4.83. The summed E-state index contributed by atoms with van der Waals surface area (Å²) >= 11 is 0. The first-order valence-electron chi connectivity index (χ1n) is 11.9. The molecule has 1 aromatic heterocycles. The van der Waals surface area contributed by atoms with Crippen LogP contribution >= 0.6 is 0 Å². The Hall–Kier alpha value is -3.25. The summed E-state index contributed by atoms with van der Waals surface area (Å²) in [6, 6.07) is 18.2. The molecular formula is C27H33N5O. The summed E-state index contributed by atoms with van der Waals surface area (Å²) in [6.07, 6.45) is 5.46. The number of nitrogens with zero attached hydrogens (tertiary/aromatic N) is 4. The van der Waals surface area contributed by atoms with Gasteiger partial charge in [0.15, 0.2) is 5.82 Å². The molecule has 0 atom stereocenters. The van der Waals surface area contributed by atoms with Gasteiger partial charge in [-0.2, -0.15) is 0 Å². The highest BCUT2D eigenvalue weighted by Gasteiger charge is 2.21. The van der Waals surface area contributed by atoms with Crippen molar-refractivity contribution in [3.8, 4) is 11.4 Å². The maximum absolute atomic E-state index is 13.2. The van der Waals surface area contributed by atoms with E-state index in [2.05, 4.69) is 52.1 Å². The molecule has 1 aliphatic rings. The number of rotatable bonds is 8. The molecule has 0 radical (unpaired) electrons. The van der Waals surface area contributed by atoms with Crippen molar-refractivity contribution in [2.75, 3.05) is 37.6 Å². The van der Waals surface area contributed by atoms with Crippen LogP contribution in [-0.2, 0) is 0 Å². The Balaban J connectivity index is 1.62. The number of amides is 1. The van der Waals surface area contributed by atoms with E-state index in [1.165, 1.54) is 19.3 Å². The number of carbonyl (C=O) groups excluding carboxylic acids is 1. The third-order valence-electron chi connectivity index (χ3n) is 6.09. The summed E-state index contributed by atoms with van der Waals surface area (Å²) in [7, 11) is 0. The van der Waals surface area contributed by atoms with Gasteiger partial charge < -0.3 is 15.1 Å². The highest BCUT2D eigenvalue weighted by molar-refractivity contribution is 5.99. The fraction of sp³-hybridized carbons (Fsp3) is 0.370. The second-order valence-corrected chi connectivity index (χ2v) is 8.54. The molecule has 0 unspecified atom stereocenters. The lowest BCUT2D eigenvalue weighted by Crippen LogP contribution is -2.38. The number of likely N-dealkylation sites (tertiary alicyclic amines) is 1. The van der Waals surface area contributed by atoms with Crippen molar-refractivity contribution in [3.63, 3.8) is 0 Å². The van der Waals surface area contributed by atoms with Gasteiger partial charge in [0.2, 0.25) is 0 Å². The Bertz CT molecular complexity index is 1060. The molecule has 0 bridgehead atoms. The number of aryl methyl sites for hydroxylation is 1. The van der Waals surface area contributed by atoms with E-state index in [-0.39, 0.29) is 5.91 Å². The maximum atomic E-state index is 13.2. The van der Waals surface area contributed by atoms with E-state index in [4.69, 9.17) is 4.98 Å². The molecule has 1 N–H and O–H groups in total. The Morgan fingerprint density at radius 3 is 2.58 bits per heavy atom. The molecule has 3 aromatic rings. The normalized spacial score (nSPS) is 14.1. The third-order valence-corrected chi connectivity index (χ3v) is 6.09. The van der Waals surface area contributed by atoms with E-state index < -0.39 is 0 Å². The van der Waals surface area contributed by atoms with Crippen LogP contribution in [0.4, 0.5) is 11.5 Å². The van der Waals surface area contributed by atoms with Crippen LogP contribution in [0, 0.1) is 6.92 Å². The Kier molecular flexibility index (Phi) is 7.68. The van der Waals surface area contributed by atoms with Crippen molar-refractivity contribution in [3.05, 3.63) is 71.9 Å². The number of nitrogens with one attached hydrogen (secondary N) is 1. The van der Waals surface area contributed by atoms with E-state index in [0.29, 0.717) is 30.3 Å². The average Bonchev–Trinajstić information content (AvgIpc) is 2.86. The van der Waals surface area contributed by atoms with Crippen molar-refractivity contribution in [2.45, 2.75) is 33.1 Å². The van der Waals surface area contributed by atoms with Gasteiger partial charge >= 0.3 is 0 Å². The highest BCUT2D eigenvalue weighted by Crippen LogP contribution is 2.29. The van der Waals surface area contributed by atoms with Crippen LogP contribution in [0.15, 0.2) is 60.8 Å². The minimum absolute atomic E-state index is 0.132. The van der Waals surface area contributed by atoms with Gasteiger partial charge in [0.25, 0.3) is 5.91 Å². The van der Waals surface area contributed by atoms with Crippen LogP contribution in [0.25, 0.3) is 11.4 Å². The van der Waals surface area contributed by atoms with Gasteiger partial charge in [-0.05, 0) is 57.5 Å². The lowest BCUT2D eigenvalue weighted by molar-refractivity contribution is 0.0946.